The first kappa shape index (κ1) is 9.10. The van der Waals surface area contributed by atoms with Gasteiger partial charge >= 0.3 is 0 Å². The van der Waals surface area contributed by atoms with Crippen LogP contribution in [0.2, 0.25) is 0 Å². The van der Waals surface area contributed by atoms with Gasteiger partial charge in [0.1, 0.15) is 11.8 Å². The lowest BCUT2D eigenvalue weighted by atomic mass is 10.2. The maximum atomic E-state index is 8.91. The van der Waals surface area contributed by atoms with Crippen molar-refractivity contribution in [1.82, 2.24) is 4.57 Å². The summed E-state index contributed by atoms with van der Waals surface area (Å²) in [7, 11) is 1.84. The van der Waals surface area contributed by atoms with E-state index in [0.29, 0.717) is 11.4 Å². The van der Waals surface area contributed by atoms with Crippen LogP contribution in [0.25, 0.3) is 10.9 Å². The number of aryl methyl sites for hydroxylation is 1. The van der Waals surface area contributed by atoms with Crippen molar-refractivity contribution in [2.45, 2.75) is 0 Å². The molecule has 1 heterocycles. The van der Waals surface area contributed by atoms with Crippen LogP contribution < -0.4 is 5.73 Å². The molecule has 0 saturated carbocycles. The summed E-state index contributed by atoms with van der Waals surface area (Å²) in [4.78, 5) is 0. The van der Waals surface area contributed by atoms with Crippen molar-refractivity contribution >= 4 is 32.5 Å². The average Bonchev–Trinajstić information content (AvgIpc) is 2.39. The number of halogens is 1. The Morgan fingerprint density at radius 1 is 1.50 bits per heavy atom. The van der Waals surface area contributed by atoms with Crippen LogP contribution in [-0.4, -0.2) is 4.57 Å². The lowest BCUT2D eigenvalue weighted by Gasteiger charge is -1.96. The highest BCUT2D eigenvalue weighted by molar-refractivity contribution is 9.10. The van der Waals surface area contributed by atoms with E-state index in [0.717, 1.165) is 15.4 Å². The van der Waals surface area contributed by atoms with E-state index >= 15 is 0 Å². The van der Waals surface area contributed by atoms with E-state index < -0.39 is 0 Å². The first-order chi connectivity index (χ1) is 6.65. The number of benzene rings is 1. The molecule has 2 N–H and O–H groups in total. The quantitative estimate of drug-likeness (QED) is 0.780. The van der Waals surface area contributed by atoms with Crippen molar-refractivity contribution in [2.24, 2.45) is 7.05 Å². The van der Waals surface area contributed by atoms with Gasteiger partial charge in [-0.3, -0.25) is 0 Å². The Morgan fingerprint density at radius 3 is 2.86 bits per heavy atom. The molecule has 0 aliphatic rings. The summed E-state index contributed by atoms with van der Waals surface area (Å²) in [6, 6.07) is 7.89. The van der Waals surface area contributed by atoms with Gasteiger partial charge in [0.15, 0.2) is 0 Å². The fourth-order valence-corrected chi connectivity index (χ4v) is 1.94. The molecular formula is C10H8BrN3. The smallest absolute Gasteiger partial charge is 0.144 e. The minimum atomic E-state index is 0.512. The zero-order chi connectivity index (χ0) is 10.3. The van der Waals surface area contributed by atoms with Crippen LogP contribution in [0, 0.1) is 11.3 Å². The number of nitriles is 1. The van der Waals surface area contributed by atoms with Gasteiger partial charge in [-0.25, -0.2) is 0 Å². The van der Waals surface area contributed by atoms with E-state index in [-0.39, 0.29) is 0 Å². The average molecular weight is 250 g/mol. The summed E-state index contributed by atoms with van der Waals surface area (Å²) >= 11 is 3.37. The second-order valence-electron chi connectivity index (χ2n) is 3.09. The molecule has 2 aromatic rings. The molecule has 0 amide bonds. The number of hydrogen-bond acceptors (Lipinski definition) is 2. The van der Waals surface area contributed by atoms with Crippen molar-refractivity contribution < 1.29 is 0 Å². The van der Waals surface area contributed by atoms with Crippen molar-refractivity contribution in [3.05, 3.63) is 28.4 Å². The van der Waals surface area contributed by atoms with E-state index in [1.54, 1.807) is 4.57 Å². The first-order valence-electron chi connectivity index (χ1n) is 4.08. The minimum absolute atomic E-state index is 0.512. The third-order valence-corrected chi connectivity index (χ3v) is 2.80. The predicted octanol–water partition coefficient (Wildman–Crippen LogP) is 2.39. The molecule has 1 aromatic carbocycles. The van der Waals surface area contributed by atoms with Gasteiger partial charge in [0.25, 0.3) is 0 Å². The summed E-state index contributed by atoms with van der Waals surface area (Å²) in [5.41, 5.74) is 7.89. The third kappa shape index (κ3) is 1.10. The maximum Gasteiger partial charge on any atom is 0.144 e. The lowest BCUT2D eigenvalue weighted by molar-refractivity contribution is 0.948. The zero-order valence-electron chi connectivity index (χ0n) is 7.58. The number of rotatable bonds is 0. The Balaban J connectivity index is 2.96. The van der Waals surface area contributed by atoms with Crippen LogP contribution in [0.1, 0.15) is 5.69 Å². The third-order valence-electron chi connectivity index (χ3n) is 2.31. The molecular weight excluding hydrogens is 242 g/mol. The van der Waals surface area contributed by atoms with Crippen LogP contribution in [0.15, 0.2) is 22.7 Å². The number of nitrogen functional groups attached to an aromatic ring is 1. The highest BCUT2D eigenvalue weighted by Gasteiger charge is 2.11. The van der Waals surface area contributed by atoms with E-state index in [1.165, 1.54) is 0 Å². The van der Waals surface area contributed by atoms with Crippen molar-refractivity contribution in [2.75, 3.05) is 5.73 Å². The van der Waals surface area contributed by atoms with Gasteiger partial charge in [-0.05, 0) is 18.2 Å². The van der Waals surface area contributed by atoms with Gasteiger partial charge < -0.3 is 10.3 Å². The molecule has 0 radical (unpaired) electrons. The Bertz CT molecular complexity index is 548. The van der Waals surface area contributed by atoms with E-state index in [9.17, 15) is 0 Å². The highest BCUT2D eigenvalue weighted by Crippen LogP contribution is 2.29. The topological polar surface area (TPSA) is 54.7 Å². The Hall–Kier alpha value is -1.47. The van der Waals surface area contributed by atoms with E-state index in [4.69, 9.17) is 11.0 Å². The van der Waals surface area contributed by atoms with Gasteiger partial charge in [0.05, 0.1) is 11.2 Å². The highest BCUT2D eigenvalue weighted by atomic mass is 79.9. The molecule has 0 aliphatic carbocycles. The molecule has 0 unspecified atom stereocenters. The van der Waals surface area contributed by atoms with Crippen LogP contribution in [0.5, 0.6) is 0 Å². The van der Waals surface area contributed by atoms with Crippen LogP contribution in [0.3, 0.4) is 0 Å². The molecule has 2 rings (SSSR count). The predicted molar refractivity (Wildman–Crippen MR) is 59.7 cm³/mol. The van der Waals surface area contributed by atoms with Gasteiger partial charge in [0, 0.05) is 16.9 Å². The van der Waals surface area contributed by atoms with Gasteiger partial charge in [-0.1, -0.05) is 15.9 Å². The summed E-state index contributed by atoms with van der Waals surface area (Å²) in [6.45, 7) is 0. The van der Waals surface area contributed by atoms with Crippen molar-refractivity contribution in [1.29, 1.82) is 5.26 Å². The summed E-state index contributed by atoms with van der Waals surface area (Å²) in [5.74, 6) is 0. The lowest BCUT2D eigenvalue weighted by Crippen LogP contribution is -1.93. The van der Waals surface area contributed by atoms with Gasteiger partial charge in [-0.2, -0.15) is 5.26 Å². The van der Waals surface area contributed by atoms with E-state index in [1.807, 2.05) is 25.2 Å². The molecule has 4 heteroatoms. The molecule has 0 aliphatic heterocycles. The summed E-state index contributed by atoms with van der Waals surface area (Å²) in [5, 5.41) is 9.82. The van der Waals surface area contributed by atoms with Crippen LogP contribution in [0.4, 0.5) is 5.69 Å². The molecule has 0 fully saturated rings. The molecule has 14 heavy (non-hydrogen) atoms. The Kier molecular flexibility index (Phi) is 1.97. The molecule has 1 aromatic heterocycles. The van der Waals surface area contributed by atoms with E-state index in [2.05, 4.69) is 22.0 Å². The number of fused-ring (bicyclic) bond motifs is 1. The molecule has 0 saturated heterocycles. The van der Waals surface area contributed by atoms with Crippen molar-refractivity contribution in [3.63, 3.8) is 0 Å². The fraction of sp³-hybridized carbons (Fsp3) is 0.100. The minimum Gasteiger partial charge on any atom is -0.396 e. The Morgan fingerprint density at radius 2 is 2.21 bits per heavy atom. The number of nitrogens with zero attached hydrogens (tertiary/aromatic N) is 2. The maximum absolute atomic E-state index is 8.91. The molecule has 0 atom stereocenters. The van der Waals surface area contributed by atoms with Crippen LogP contribution >= 0.6 is 15.9 Å². The largest absolute Gasteiger partial charge is 0.396 e. The monoisotopic (exact) mass is 249 g/mol. The number of nitrogens with two attached hydrogens (primary N) is 1. The van der Waals surface area contributed by atoms with Gasteiger partial charge in [0.2, 0.25) is 0 Å². The summed E-state index contributed by atoms with van der Waals surface area (Å²) in [6.07, 6.45) is 0. The zero-order valence-corrected chi connectivity index (χ0v) is 9.17. The first-order valence-corrected chi connectivity index (χ1v) is 4.88. The van der Waals surface area contributed by atoms with Crippen molar-refractivity contribution in [3.8, 4) is 6.07 Å². The SMILES string of the molecule is Cn1c(C#N)c(N)c2cc(Br)ccc21. The van der Waals surface area contributed by atoms with Gasteiger partial charge in [-0.15, -0.1) is 0 Å². The standard InChI is InChI=1S/C10H8BrN3/c1-14-8-3-2-6(11)4-7(8)10(13)9(14)5-12/h2-4H,13H2,1H3. The molecule has 0 spiro atoms. The molecule has 3 nitrogen and oxygen atoms in total. The second kappa shape index (κ2) is 3.03. The second-order valence-corrected chi connectivity index (χ2v) is 4.01. The fourth-order valence-electron chi connectivity index (χ4n) is 1.58. The number of anilines is 1. The Labute approximate surface area is 89.9 Å². The molecule has 70 valence electrons. The van der Waals surface area contributed by atoms with Crippen LogP contribution in [-0.2, 0) is 7.05 Å². The molecule has 0 bridgehead atoms. The summed E-state index contributed by atoms with van der Waals surface area (Å²) < 4.78 is 2.77. The normalized spacial score (nSPS) is 10.4. The number of aromatic nitrogens is 1. The number of hydrogen-bond donors (Lipinski definition) is 1.